The Hall–Kier alpha value is -1.17. The highest BCUT2D eigenvalue weighted by Gasteiger charge is 2.29. The summed E-state index contributed by atoms with van der Waals surface area (Å²) in [5.41, 5.74) is 6.27. The molecule has 5 nitrogen and oxygen atoms in total. The first-order valence-electron chi connectivity index (χ1n) is 8.49. The highest BCUT2D eigenvalue weighted by molar-refractivity contribution is 6.32. The number of amides is 1. The number of ether oxygens (including phenoxy) is 2. The maximum Gasteiger partial charge on any atom is 0.254 e. The van der Waals surface area contributed by atoms with Crippen molar-refractivity contribution < 1.29 is 14.3 Å². The number of nitrogens with zero attached hydrogens (tertiary/aromatic N) is 1. The predicted octanol–water partition coefficient (Wildman–Crippen LogP) is 3.76. The van der Waals surface area contributed by atoms with E-state index in [-0.39, 0.29) is 24.4 Å². The van der Waals surface area contributed by atoms with Crippen LogP contribution in [0.3, 0.4) is 0 Å². The molecule has 0 aromatic heterocycles. The number of hydrogen-bond acceptors (Lipinski definition) is 4. The van der Waals surface area contributed by atoms with Crippen LogP contribution >= 0.6 is 24.0 Å². The minimum Gasteiger partial charge on any atom is -0.493 e. The molecule has 0 aliphatic carbocycles. The number of hydrogen-bond donors (Lipinski definition) is 1. The molecule has 25 heavy (non-hydrogen) atoms. The normalized spacial score (nSPS) is 16.7. The lowest BCUT2D eigenvalue weighted by Crippen LogP contribution is -2.39. The third kappa shape index (κ3) is 5.40. The lowest BCUT2D eigenvalue weighted by molar-refractivity contribution is 0.0740. The van der Waals surface area contributed by atoms with Gasteiger partial charge < -0.3 is 20.1 Å². The summed E-state index contributed by atoms with van der Waals surface area (Å²) in [4.78, 5) is 14.6. The van der Waals surface area contributed by atoms with Gasteiger partial charge >= 0.3 is 0 Å². The van der Waals surface area contributed by atoms with E-state index in [9.17, 15) is 4.79 Å². The number of likely N-dealkylation sites (tertiary alicyclic amines) is 1. The van der Waals surface area contributed by atoms with Gasteiger partial charge in [-0.3, -0.25) is 4.79 Å². The van der Waals surface area contributed by atoms with E-state index >= 15 is 0 Å². The lowest BCUT2D eigenvalue weighted by Gasteiger charge is -2.24. The van der Waals surface area contributed by atoms with E-state index < -0.39 is 0 Å². The zero-order valence-electron chi connectivity index (χ0n) is 15.1. The van der Waals surface area contributed by atoms with Gasteiger partial charge in [0, 0.05) is 24.7 Å². The molecule has 7 heteroatoms. The Balaban J connectivity index is 0.00000312. The number of carbonyl (C=O) groups excluding carboxylic acids is 1. The van der Waals surface area contributed by atoms with Gasteiger partial charge in [0.05, 0.1) is 18.7 Å². The number of nitrogens with two attached hydrogens (primary N) is 1. The second kappa shape index (κ2) is 10.1. The van der Waals surface area contributed by atoms with E-state index in [2.05, 4.69) is 13.8 Å². The summed E-state index contributed by atoms with van der Waals surface area (Å²) in [7, 11) is 1.55. The summed E-state index contributed by atoms with van der Waals surface area (Å²) in [5.74, 6) is 1.46. The van der Waals surface area contributed by atoms with E-state index in [1.165, 1.54) is 0 Å². The van der Waals surface area contributed by atoms with Gasteiger partial charge in [0.15, 0.2) is 11.5 Å². The molecule has 1 saturated heterocycles. The van der Waals surface area contributed by atoms with Crippen molar-refractivity contribution in [3.8, 4) is 11.5 Å². The average molecular weight is 391 g/mol. The van der Waals surface area contributed by atoms with E-state index in [1.54, 1.807) is 19.2 Å². The summed E-state index contributed by atoms with van der Waals surface area (Å²) in [5, 5.41) is 0.393. The quantitative estimate of drug-likeness (QED) is 0.769. The Bertz CT molecular complexity index is 582. The largest absolute Gasteiger partial charge is 0.493 e. The standard InChI is InChI=1S/C18H27ClN2O3.ClH/c1-12(2)6-8-24-17-15(19)9-13(10-16(17)23-3)18(22)21-7-4-5-14(21)11-20;/h9-10,12,14H,4-8,11,20H2,1-3H3;1H. The van der Waals surface area contributed by atoms with E-state index in [4.69, 9.17) is 26.8 Å². The number of benzene rings is 1. The van der Waals surface area contributed by atoms with Crippen molar-refractivity contribution in [1.29, 1.82) is 0 Å². The van der Waals surface area contributed by atoms with Crippen LogP contribution in [0.4, 0.5) is 0 Å². The van der Waals surface area contributed by atoms with Crippen LogP contribution in [0.2, 0.25) is 5.02 Å². The van der Waals surface area contributed by atoms with E-state index in [1.807, 2.05) is 4.90 Å². The van der Waals surface area contributed by atoms with Crippen LogP contribution in [0.5, 0.6) is 11.5 Å². The topological polar surface area (TPSA) is 64.8 Å². The monoisotopic (exact) mass is 390 g/mol. The van der Waals surface area contributed by atoms with Gasteiger partial charge in [-0.2, -0.15) is 0 Å². The molecule has 2 N–H and O–H groups in total. The molecule has 142 valence electrons. The number of carbonyl (C=O) groups is 1. The maximum atomic E-state index is 12.8. The Morgan fingerprint density at radius 2 is 2.16 bits per heavy atom. The van der Waals surface area contributed by atoms with Crippen LogP contribution in [0.15, 0.2) is 12.1 Å². The number of methoxy groups -OCH3 is 1. The smallest absolute Gasteiger partial charge is 0.254 e. The molecule has 0 saturated carbocycles. The summed E-state index contributed by atoms with van der Waals surface area (Å²) in [6, 6.07) is 3.46. The molecule has 1 amide bonds. The first kappa shape index (κ1) is 21.9. The Morgan fingerprint density at radius 1 is 1.44 bits per heavy atom. The van der Waals surface area contributed by atoms with E-state index in [0.717, 1.165) is 25.8 Å². The molecule has 1 heterocycles. The van der Waals surface area contributed by atoms with Gasteiger partial charge in [0.25, 0.3) is 5.91 Å². The van der Waals surface area contributed by atoms with Crippen LogP contribution < -0.4 is 15.2 Å². The minimum absolute atomic E-state index is 0. The molecule has 0 radical (unpaired) electrons. The van der Waals surface area contributed by atoms with Crippen LogP contribution in [0.25, 0.3) is 0 Å². The molecule has 1 aromatic carbocycles. The molecule has 1 aliphatic heterocycles. The predicted molar refractivity (Wildman–Crippen MR) is 103 cm³/mol. The minimum atomic E-state index is -0.0584. The van der Waals surface area contributed by atoms with Crippen molar-refractivity contribution in [2.24, 2.45) is 11.7 Å². The van der Waals surface area contributed by atoms with Crippen molar-refractivity contribution in [2.75, 3.05) is 26.8 Å². The average Bonchev–Trinajstić information content (AvgIpc) is 3.03. The lowest BCUT2D eigenvalue weighted by atomic mass is 10.1. The second-order valence-corrected chi connectivity index (χ2v) is 6.96. The number of halogens is 2. The molecular weight excluding hydrogens is 363 g/mol. The molecular formula is C18H28Cl2N2O3. The van der Waals surface area contributed by atoms with Gasteiger partial charge in [0.1, 0.15) is 0 Å². The van der Waals surface area contributed by atoms with Crippen molar-refractivity contribution in [1.82, 2.24) is 4.90 Å². The second-order valence-electron chi connectivity index (χ2n) is 6.55. The third-order valence-electron chi connectivity index (χ3n) is 4.33. The highest BCUT2D eigenvalue weighted by Crippen LogP contribution is 2.37. The van der Waals surface area contributed by atoms with Crippen LogP contribution in [-0.4, -0.2) is 43.7 Å². The molecule has 1 unspecified atom stereocenters. The molecule has 1 aliphatic rings. The van der Waals surface area contributed by atoms with Crippen LogP contribution in [0.1, 0.15) is 43.5 Å². The van der Waals surface area contributed by atoms with Gasteiger partial charge in [0.2, 0.25) is 0 Å². The van der Waals surface area contributed by atoms with Gasteiger partial charge in [-0.15, -0.1) is 12.4 Å². The van der Waals surface area contributed by atoms with Gasteiger partial charge in [-0.05, 0) is 37.3 Å². The highest BCUT2D eigenvalue weighted by atomic mass is 35.5. The zero-order valence-corrected chi connectivity index (χ0v) is 16.7. The van der Waals surface area contributed by atoms with E-state index in [0.29, 0.717) is 41.2 Å². The Labute approximate surface area is 161 Å². The molecule has 2 rings (SSSR count). The van der Waals surface area contributed by atoms with Crippen molar-refractivity contribution in [2.45, 2.75) is 39.2 Å². The van der Waals surface area contributed by atoms with Crippen molar-refractivity contribution in [3.05, 3.63) is 22.7 Å². The first-order chi connectivity index (χ1) is 11.5. The van der Waals surface area contributed by atoms with Gasteiger partial charge in [-0.25, -0.2) is 0 Å². The molecule has 1 aromatic rings. The Kier molecular flexibility index (Phi) is 8.83. The third-order valence-corrected chi connectivity index (χ3v) is 4.61. The van der Waals surface area contributed by atoms with Crippen LogP contribution in [0, 0.1) is 5.92 Å². The zero-order chi connectivity index (χ0) is 17.7. The SMILES string of the molecule is COc1cc(C(=O)N2CCCC2CN)cc(Cl)c1OCCC(C)C.Cl. The summed E-state index contributed by atoms with van der Waals surface area (Å²) in [6.07, 6.45) is 2.85. The summed E-state index contributed by atoms with van der Waals surface area (Å²) in [6.45, 7) is 6.03. The molecule has 0 bridgehead atoms. The number of rotatable bonds is 7. The first-order valence-corrected chi connectivity index (χ1v) is 8.87. The maximum absolute atomic E-state index is 12.8. The molecule has 1 fully saturated rings. The Morgan fingerprint density at radius 3 is 2.76 bits per heavy atom. The van der Waals surface area contributed by atoms with Crippen LogP contribution in [-0.2, 0) is 0 Å². The fourth-order valence-corrected chi connectivity index (χ4v) is 3.16. The van der Waals surface area contributed by atoms with Crippen molar-refractivity contribution in [3.63, 3.8) is 0 Å². The van der Waals surface area contributed by atoms with Crippen molar-refractivity contribution >= 4 is 29.9 Å². The summed E-state index contributed by atoms with van der Waals surface area (Å²) >= 11 is 6.35. The summed E-state index contributed by atoms with van der Waals surface area (Å²) < 4.78 is 11.2. The molecule has 0 spiro atoms. The molecule has 1 atom stereocenters. The van der Waals surface area contributed by atoms with Gasteiger partial charge in [-0.1, -0.05) is 25.4 Å². The fourth-order valence-electron chi connectivity index (χ4n) is 2.89. The fraction of sp³-hybridized carbons (Fsp3) is 0.611.